The van der Waals surface area contributed by atoms with Crippen LogP contribution in [0.15, 0.2) is 54.6 Å². The van der Waals surface area contributed by atoms with Gasteiger partial charge in [0, 0.05) is 18.5 Å². The highest BCUT2D eigenvalue weighted by molar-refractivity contribution is 7.90. The van der Waals surface area contributed by atoms with Crippen LogP contribution in [0.2, 0.25) is 0 Å². The Labute approximate surface area is 183 Å². The van der Waals surface area contributed by atoms with E-state index in [4.69, 9.17) is 0 Å². The van der Waals surface area contributed by atoms with E-state index in [1.165, 1.54) is 24.3 Å². The molecular formula is C21H22F2N2O6S. The van der Waals surface area contributed by atoms with E-state index in [0.29, 0.717) is 0 Å². The molecule has 0 unspecified atom stereocenters. The summed E-state index contributed by atoms with van der Waals surface area (Å²) in [6.45, 7) is -3.54. The lowest BCUT2D eigenvalue weighted by atomic mass is 10.2. The maximum Gasteiger partial charge on any atom is 0.387 e. The van der Waals surface area contributed by atoms with Gasteiger partial charge in [0.15, 0.2) is 9.84 Å². The van der Waals surface area contributed by atoms with Gasteiger partial charge in [-0.3, -0.25) is 14.4 Å². The SMILES string of the molecule is O=C(CCS(=O)(=O)Cc1ccccc1OC(F)F)NCC(=O)C(=O)NCc1ccccc1. The van der Waals surface area contributed by atoms with E-state index in [-0.39, 0.29) is 17.9 Å². The summed E-state index contributed by atoms with van der Waals surface area (Å²) in [5.41, 5.74) is 0.835. The highest BCUT2D eigenvalue weighted by Crippen LogP contribution is 2.22. The zero-order chi connectivity index (χ0) is 23.6. The molecule has 0 aliphatic heterocycles. The first-order valence-electron chi connectivity index (χ1n) is 9.51. The van der Waals surface area contributed by atoms with Crippen LogP contribution < -0.4 is 15.4 Å². The van der Waals surface area contributed by atoms with Gasteiger partial charge in [-0.05, 0) is 11.6 Å². The van der Waals surface area contributed by atoms with Crippen LogP contribution in [0.5, 0.6) is 5.75 Å². The lowest BCUT2D eigenvalue weighted by molar-refractivity contribution is -0.138. The Balaban J connectivity index is 1.77. The third kappa shape index (κ3) is 8.80. The maximum atomic E-state index is 12.4. The number of hydrogen-bond acceptors (Lipinski definition) is 6. The second-order valence-corrected chi connectivity index (χ2v) is 8.88. The predicted molar refractivity (Wildman–Crippen MR) is 111 cm³/mol. The fraction of sp³-hybridized carbons (Fsp3) is 0.286. The molecule has 0 heterocycles. The molecule has 0 atom stereocenters. The minimum atomic E-state index is -3.83. The molecule has 0 saturated carbocycles. The molecule has 2 amide bonds. The number of halogens is 2. The van der Waals surface area contributed by atoms with Crippen molar-refractivity contribution in [3.8, 4) is 5.75 Å². The molecule has 0 spiro atoms. The molecule has 0 aromatic heterocycles. The summed E-state index contributed by atoms with van der Waals surface area (Å²) in [4.78, 5) is 35.5. The van der Waals surface area contributed by atoms with Crippen molar-refractivity contribution in [1.82, 2.24) is 10.6 Å². The van der Waals surface area contributed by atoms with Gasteiger partial charge in [-0.25, -0.2) is 8.42 Å². The van der Waals surface area contributed by atoms with Gasteiger partial charge in [-0.15, -0.1) is 0 Å². The zero-order valence-corrected chi connectivity index (χ0v) is 17.7. The van der Waals surface area contributed by atoms with Crippen molar-refractivity contribution < 1.29 is 36.3 Å². The van der Waals surface area contributed by atoms with Crippen LogP contribution in [-0.2, 0) is 36.5 Å². The van der Waals surface area contributed by atoms with Crippen molar-refractivity contribution in [3.05, 3.63) is 65.7 Å². The first-order chi connectivity index (χ1) is 15.2. The van der Waals surface area contributed by atoms with Gasteiger partial charge in [-0.1, -0.05) is 48.5 Å². The minimum absolute atomic E-state index is 0.0403. The van der Waals surface area contributed by atoms with E-state index < -0.39 is 58.5 Å². The number of amides is 2. The molecule has 2 rings (SSSR count). The molecular weight excluding hydrogens is 446 g/mol. The molecule has 2 aromatic carbocycles. The number of sulfone groups is 1. The number of benzene rings is 2. The fourth-order valence-corrected chi connectivity index (χ4v) is 3.97. The van der Waals surface area contributed by atoms with E-state index in [0.717, 1.165) is 5.56 Å². The van der Waals surface area contributed by atoms with Gasteiger partial charge in [-0.2, -0.15) is 8.78 Å². The number of Topliss-reactive ketones (excluding diaryl/α,β-unsaturated/α-hetero) is 1. The van der Waals surface area contributed by atoms with Gasteiger partial charge in [0.25, 0.3) is 5.91 Å². The van der Waals surface area contributed by atoms with Gasteiger partial charge >= 0.3 is 6.61 Å². The first-order valence-corrected chi connectivity index (χ1v) is 11.3. The van der Waals surface area contributed by atoms with E-state index in [9.17, 15) is 31.6 Å². The van der Waals surface area contributed by atoms with Crippen molar-refractivity contribution >= 4 is 27.4 Å². The molecule has 172 valence electrons. The van der Waals surface area contributed by atoms with Crippen LogP contribution in [0.4, 0.5) is 8.78 Å². The Kier molecular flexibility index (Phi) is 9.26. The van der Waals surface area contributed by atoms with Crippen molar-refractivity contribution in [2.45, 2.75) is 25.3 Å². The molecule has 0 aliphatic rings. The van der Waals surface area contributed by atoms with E-state index >= 15 is 0 Å². The number of carbonyl (C=O) groups is 3. The Hall–Kier alpha value is -3.34. The number of alkyl halides is 2. The van der Waals surface area contributed by atoms with Crippen LogP contribution in [0.25, 0.3) is 0 Å². The van der Waals surface area contributed by atoms with Gasteiger partial charge in [0.2, 0.25) is 11.7 Å². The Morgan fingerprint density at radius 3 is 2.28 bits per heavy atom. The molecule has 2 N–H and O–H groups in total. The topological polar surface area (TPSA) is 119 Å². The lowest BCUT2D eigenvalue weighted by Gasteiger charge is -2.11. The molecule has 32 heavy (non-hydrogen) atoms. The van der Waals surface area contributed by atoms with Crippen LogP contribution >= 0.6 is 0 Å². The third-order valence-electron chi connectivity index (χ3n) is 4.20. The number of para-hydroxylation sites is 1. The summed E-state index contributed by atoms with van der Waals surface area (Å²) in [5, 5.41) is 4.62. The number of carbonyl (C=O) groups excluding carboxylic acids is 3. The number of hydrogen-bond donors (Lipinski definition) is 2. The summed E-state index contributed by atoms with van der Waals surface area (Å²) < 4.78 is 53.7. The Morgan fingerprint density at radius 1 is 0.938 bits per heavy atom. The summed E-state index contributed by atoms with van der Waals surface area (Å²) in [7, 11) is -3.83. The number of ketones is 1. The van der Waals surface area contributed by atoms with E-state index in [1.54, 1.807) is 24.3 Å². The van der Waals surface area contributed by atoms with Crippen molar-refractivity contribution in [2.24, 2.45) is 0 Å². The normalized spacial score (nSPS) is 11.1. The Morgan fingerprint density at radius 2 is 1.59 bits per heavy atom. The summed E-state index contributed by atoms with van der Waals surface area (Å²) >= 11 is 0. The van der Waals surface area contributed by atoms with Crippen LogP contribution in [0, 0.1) is 0 Å². The average molecular weight is 468 g/mol. The third-order valence-corrected chi connectivity index (χ3v) is 5.78. The Bertz CT molecular complexity index is 1050. The summed E-state index contributed by atoms with van der Waals surface area (Å²) in [5.74, 6) is -3.93. The number of nitrogens with one attached hydrogen (secondary N) is 2. The van der Waals surface area contributed by atoms with Crippen LogP contribution in [0.1, 0.15) is 17.5 Å². The quantitative estimate of drug-likeness (QED) is 0.457. The molecule has 11 heteroatoms. The monoisotopic (exact) mass is 468 g/mol. The lowest BCUT2D eigenvalue weighted by Crippen LogP contribution is -2.39. The van der Waals surface area contributed by atoms with E-state index in [1.807, 2.05) is 6.07 Å². The molecule has 0 bridgehead atoms. The highest BCUT2D eigenvalue weighted by Gasteiger charge is 2.19. The highest BCUT2D eigenvalue weighted by atomic mass is 32.2. The standard InChI is InChI=1S/C21H22F2N2O6S/c22-21(23)31-18-9-5-4-8-16(18)14-32(29,30)11-10-19(27)24-13-17(26)20(28)25-12-15-6-2-1-3-7-15/h1-9,21H,10-14H2,(H,24,27)(H,25,28). The predicted octanol–water partition coefficient (Wildman–Crippen LogP) is 1.59. The van der Waals surface area contributed by atoms with Crippen LogP contribution in [-0.4, -0.2) is 44.9 Å². The van der Waals surface area contributed by atoms with Crippen LogP contribution in [0.3, 0.4) is 0 Å². The average Bonchev–Trinajstić information content (AvgIpc) is 2.76. The molecule has 0 saturated heterocycles. The second-order valence-electron chi connectivity index (χ2n) is 6.70. The van der Waals surface area contributed by atoms with Crippen molar-refractivity contribution in [2.75, 3.05) is 12.3 Å². The summed E-state index contributed by atoms with van der Waals surface area (Å²) in [6, 6.07) is 14.4. The fourth-order valence-electron chi connectivity index (χ4n) is 2.62. The number of rotatable bonds is 12. The van der Waals surface area contributed by atoms with Crippen molar-refractivity contribution in [1.29, 1.82) is 0 Å². The second kappa shape index (κ2) is 11.9. The smallest absolute Gasteiger partial charge is 0.387 e. The molecule has 8 nitrogen and oxygen atoms in total. The summed E-state index contributed by atoms with van der Waals surface area (Å²) in [6.07, 6.45) is -0.459. The van der Waals surface area contributed by atoms with E-state index in [2.05, 4.69) is 15.4 Å². The minimum Gasteiger partial charge on any atom is -0.435 e. The maximum absolute atomic E-state index is 12.4. The molecule has 2 aromatic rings. The zero-order valence-electron chi connectivity index (χ0n) is 16.9. The molecule has 0 radical (unpaired) electrons. The molecule has 0 aliphatic carbocycles. The van der Waals surface area contributed by atoms with Gasteiger partial charge < -0.3 is 15.4 Å². The number of ether oxygens (including phenoxy) is 1. The molecule has 0 fully saturated rings. The first kappa shape index (κ1) is 24.9. The largest absolute Gasteiger partial charge is 0.435 e. The van der Waals surface area contributed by atoms with Gasteiger partial charge in [0.05, 0.1) is 18.1 Å². The van der Waals surface area contributed by atoms with Gasteiger partial charge in [0.1, 0.15) is 5.75 Å². The van der Waals surface area contributed by atoms with Crippen molar-refractivity contribution in [3.63, 3.8) is 0 Å².